The number of rotatable bonds is 2. The van der Waals surface area contributed by atoms with Gasteiger partial charge in [-0.25, -0.2) is 0 Å². The number of phenols is 2. The summed E-state index contributed by atoms with van der Waals surface area (Å²) >= 11 is 0. The zero-order valence-electron chi connectivity index (χ0n) is 11.8. The first-order chi connectivity index (χ1) is 7.59. The van der Waals surface area contributed by atoms with Crippen LogP contribution in [0.25, 0.3) is 0 Å². The van der Waals surface area contributed by atoms with Gasteiger partial charge in [-0.1, -0.05) is 41.5 Å². The molecule has 0 unspecified atom stereocenters. The average molecular weight is 236 g/mol. The van der Waals surface area contributed by atoms with Gasteiger partial charge in [0.25, 0.3) is 0 Å². The molecule has 0 fully saturated rings. The Morgan fingerprint density at radius 1 is 0.882 bits per heavy atom. The van der Waals surface area contributed by atoms with Crippen molar-refractivity contribution in [3.05, 3.63) is 23.3 Å². The molecule has 0 atom stereocenters. The van der Waals surface area contributed by atoms with Crippen LogP contribution in [0, 0.1) is 0 Å². The normalized spacial score (nSPS) is 12.8. The summed E-state index contributed by atoms with van der Waals surface area (Å²) in [7, 11) is 0. The maximum absolute atomic E-state index is 10.1. The smallest absolute Gasteiger partial charge is 0.119 e. The predicted octanol–water partition coefficient (Wildman–Crippen LogP) is 4.08. The van der Waals surface area contributed by atoms with Gasteiger partial charge in [0.05, 0.1) is 0 Å². The third kappa shape index (κ3) is 2.74. The molecule has 0 amide bonds. The van der Waals surface area contributed by atoms with Crippen molar-refractivity contribution in [2.75, 3.05) is 0 Å². The van der Waals surface area contributed by atoms with E-state index in [9.17, 15) is 10.2 Å². The summed E-state index contributed by atoms with van der Waals surface area (Å²) in [6.07, 6.45) is 0.912. The van der Waals surface area contributed by atoms with Crippen LogP contribution in [0.4, 0.5) is 0 Å². The van der Waals surface area contributed by atoms with Gasteiger partial charge in [0.15, 0.2) is 0 Å². The Bertz CT molecular complexity index is 412. The van der Waals surface area contributed by atoms with E-state index in [-0.39, 0.29) is 22.3 Å². The molecular formula is C15H24O2. The van der Waals surface area contributed by atoms with E-state index in [0.29, 0.717) is 0 Å². The van der Waals surface area contributed by atoms with Crippen LogP contribution < -0.4 is 0 Å². The largest absolute Gasteiger partial charge is 0.508 e. The van der Waals surface area contributed by atoms with Crippen molar-refractivity contribution in [2.24, 2.45) is 0 Å². The van der Waals surface area contributed by atoms with Gasteiger partial charge >= 0.3 is 0 Å². The third-order valence-corrected chi connectivity index (χ3v) is 3.54. The van der Waals surface area contributed by atoms with E-state index in [1.165, 1.54) is 0 Å². The second-order valence-electron chi connectivity index (χ2n) is 6.37. The van der Waals surface area contributed by atoms with Crippen molar-refractivity contribution < 1.29 is 10.2 Å². The highest BCUT2D eigenvalue weighted by Crippen LogP contribution is 2.41. The Morgan fingerprint density at radius 2 is 1.29 bits per heavy atom. The van der Waals surface area contributed by atoms with Gasteiger partial charge in [0, 0.05) is 11.1 Å². The van der Waals surface area contributed by atoms with Crippen LogP contribution in [0.3, 0.4) is 0 Å². The van der Waals surface area contributed by atoms with Gasteiger partial charge in [0.1, 0.15) is 11.5 Å². The first kappa shape index (κ1) is 13.9. The monoisotopic (exact) mass is 236 g/mol. The minimum Gasteiger partial charge on any atom is -0.508 e. The number of aromatic hydroxyl groups is 2. The van der Waals surface area contributed by atoms with Crippen molar-refractivity contribution >= 4 is 0 Å². The molecule has 0 radical (unpaired) electrons. The summed E-state index contributed by atoms with van der Waals surface area (Å²) in [6, 6.07) is 3.40. The minimum atomic E-state index is -0.170. The second kappa shape index (κ2) is 4.25. The highest BCUT2D eigenvalue weighted by Gasteiger charge is 2.26. The molecule has 1 aromatic carbocycles. The number of phenolic OH excluding ortho intramolecular Hbond substituents is 2. The van der Waals surface area contributed by atoms with Crippen LogP contribution in [-0.2, 0) is 10.8 Å². The predicted molar refractivity (Wildman–Crippen MR) is 71.8 cm³/mol. The van der Waals surface area contributed by atoms with Gasteiger partial charge in [0.2, 0.25) is 0 Å². The van der Waals surface area contributed by atoms with E-state index < -0.39 is 0 Å². The van der Waals surface area contributed by atoms with Crippen LogP contribution in [0.5, 0.6) is 11.5 Å². The van der Waals surface area contributed by atoms with Crippen LogP contribution in [0.2, 0.25) is 0 Å². The van der Waals surface area contributed by atoms with Crippen molar-refractivity contribution in [2.45, 2.75) is 58.8 Å². The minimum absolute atomic E-state index is 0.127. The molecule has 0 heterocycles. The fraction of sp³-hybridized carbons (Fsp3) is 0.600. The second-order valence-corrected chi connectivity index (χ2v) is 6.37. The Morgan fingerprint density at radius 3 is 1.71 bits per heavy atom. The van der Waals surface area contributed by atoms with E-state index in [1.807, 2.05) is 20.8 Å². The molecule has 0 aliphatic carbocycles. The van der Waals surface area contributed by atoms with Gasteiger partial charge < -0.3 is 10.2 Å². The lowest BCUT2D eigenvalue weighted by molar-refractivity contribution is 0.408. The van der Waals surface area contributed by atoms with Crippen molar-refractivity contribution in [1.29, 1.82) is 0 Å². The van der Waals surface area contributed by atoms with E-state index >= 15 is 0 Å². The molecule has 0 saturated carbocycles. The molecule has 0 bridgehead atoms. The Kier molecular flexibility index (Phi) is 3.47. The summed E-state index contributed by atoms with van der Waals surface area (Å²) in [4.78, 5) is 0. The van der Waals surface area contributed by atoms with Crippen molar-refractivity contribution in [3.63, 3.8) is 0 Å². The zero-order chi connectivity index (χ0) is 13.4. The van der Waals surface area contributed by atoms with Gasteiger partial charge in [-0.15, -0.1) is 0 Å². The van der Waals surface area contributed by atoms with Gasteiger partial charge in [-0.2, -0.15) is 0 Å². The molecular weight excluding hydrogens is 212 g/mol. The molecule has 0 aromatic heterocycles. The van der Waals surface area contributed by atoms with Crippen LogP contribution >= 0.6 is 0 Å². The number of hydrogen-bond acceptors (Lipinski definition) is 2. The fourth-order valence-electron chi connectivity index (χ4n) is 1.91. The average Bonchev–Trinajstić information content (AvgIpc) is 2.19. The molecule has 1 aromatic rings. The summed E-state index contributed by atoms with van der Waals surface area (Å²) in [5.41, 5.74) is 1.30. The Balaban J connectivity index is 3.38. The number of benzene rings is 1. The maximum Gasteiger partial charge on any atom is 0.119 e. The molecule has 1 rings (SSSR count). The highest BCUT2D eigenvalue weighted by molar-refractivity contribution is 5.50. The summed E-state index contributed by atoms with van der Waals surface area (Å²) in [6.45, 7) is 12.3. The standard InChI is InChI=1S/C15H24O2/c1-7-15(5,6)11-9-12(16)10(8-13(11)17)14(2,3)4/h8-9,16-17H,7H2,1-6H3. The molecule has 2 N–H and O–H groups in total. The lowest BCUT2D eigenvalue weighted by atomic mass is 9.78. The van der Waals surface area contributed by atoms with E-state index in [1.54, 1.807) is 12.1 Å². The van der Waals surface area contributed by atoms with Crippen LogP contribution in [0.15, 0.2) is 12.1 Å². The molecule has 0 aliphatic heterocycles. The van der Waals surface area contributed by atoms with Crippen LogP contribution in [0.1, 0.15) is 59.1 Å². The maximum atomic E-state index is 10.1. The van der Waals surface area contributed by atoms with Gasteiger partial charge in [-0.05, 0) is 29.4 Å². The number of hydrogen-bond donors (Lipinski definition) is 2. The Hall–Kier alpha value is -1.18. The summed E-state index contributed by atoms with van der Waals surface area (Å²) in [5, 5.41) is 20.2. The quantitative estimate of drug-likeness (QED) is 0.759. The van der Waals surface area contributed by atoms with E-state index in [2.05, 4.69) is 20.8 Å². The van der Waals surface area contributed by atoms with Gasteiger partial charge in [-0.3, -0.25) is 0 Å². The van der Waals surface area contributed by atoms with Crippen LogP contribution in [-0.4, -0.2) is 10.2 Å². The molecule has 0 saturated heterocycles. The highest BCUT2D eigenvalue weighted by atomic mass is 16.3. The van der Waals surface area contributed by atoms with Crippen molar-refractivity contribution in [1.82, 2.24) is 0 Å². The fourth-order valence-corrected chi connectivity index (χ4v) is 1.91. The van der Waals surface area contributed by atoms with E-state index in [0.717, 1.165) is 17.5 Å². The molecule has 17 heavy (non-hydrogen) atoms. The molecule has 2 nitrogen and oxygen atoms in total. The lowest BCUT2D eigenvalue weighted by Gasteiger charge is -2.27. The zero-order valence-corrected chi connectivity index (χ0v) is 11.8. The SMILES string of the molecule is CCC(C)(C)c1cc(O)c(C(C)(C)C)cc1O. The molecule has 0 aliphatic rings. The lowest BCUT2D eigenvalue weighted by Crippen LogP contribution is -2.17. The summed E-state index contributed by atoms with van der Waals surface area (Å²) in [5.74, 6) is 0.548. The Labute approximate surface area is 104 Å². The summed E-state index contributed by atoms with van der Waals surface area (Å²) < 4.78 is 0. The third-order valence-electron chi connectivity index (χ3n) is 3.54. The first-order valence-corrected chi connectivity index (χ1v) is 6.16. The molecule has 0 spiro atoms. The van der Waals surface area contributed by atoms with E-state index in [4.69, 9.17) is 0 Å². The molecule has 2 heteroatoms. The topological polar surface area (TPSA) is 40.5 Å². The first-order valence-electron chi connectivity index (χ1n) is 6.16. The molecule has 96 valence electrons. The van der Waals surface area contributed by atoms with Crippen molar-refractivity contribution in [3.8, 4) is 11.5 Å².